The number of likely N-dealkylation sites (tertiary alicyclic amines) is 1. The molecule has 3 aromatic rings. The van der Waals surface area contributed by atoms with Gasteiger partial charge in [0.1, 0.15) is 11.5 Å². The molecule has 1 saturated heterocycles. The lowest BCUT2D eigenvalue weighted by atomic mass is 9.87. The fraction of sp³-hybridized carbons (Fsp3) is 0.433. The molecule has 4 rings (SSSR count). The fourth-order valence-electron chi connectivity index (χ4n) is 4.84. The molecule has 1 fully saturated rings. The third kappa shape index (κ3) is 7.80. The molecule has 2 atom stereocenters. The maximum Gasteiger partial charge on any atom is 0.416 e. The number of rotatable bonds is 10. The SMILES string of the molecule is Cc1oc(-c2ccc(C(F)(F)F)cc2)nc1CCOc1cccc([C@@H]2CN(C(=O)OCC(C)C)C[C@@H]2CC(=O)O)c1. The number of carbonyl (C=O) groups excluding carboxylic acids is 1. The van der Waals surface area contributed by atoms with Crippen molar-refractivity contribution in [2.45, 2.75) is 45.7 Å². The van der Waals surface area contributed by atoms with E-state index in [1.54, 1.807) is 17.9 Å². The van der Waals surface area contributed by atoms with Crippen LogP contribution in [0.25, 0.3) is 11.5 Å². The molecule has 1 amide bonds. The number of oxazole rings is 1. The van der Waals surface area contributed by atoms with Crippen molar-refractivity contribution in [1.82, 2.24) is 9.88 Å². The van der Waals surface area contributed by atoms with Crippen LogP contribution in [0.1, 0.15) is 48.8 Å². The molecule has 41 heavy (non-hydrogen) atoms. The molecule has 11 heteroatoms. The van der Waals surface area contributed by atoms with E-state index in [0.717, 1.165) is 17.7 Å². The van der Waals surface area contributed by atoms with E-state index in [-0.39, 0.29) is 36.7 Å². The van der Waals surface area contributed by atoms with Crippen LogP contribution in [0.2, 0.25) is 0 Å². The summed E-state index contributed by atoms with van der Waals surface area (Å²) >= 11 is 0. The number of carbonyl (C=O) groups is 2. The van der Waals surface area contributed by atoms with Gasteiger partial charge in [-0.25, -0.2) is 9.78 Å². The Morgan fingerprint density at radius 1 is 1.15 bits per heavy atom. The van der Waals surface area contributed by atoms with Crippen LogP contribution in [-0.4, -0.2) is 53.4 Å². The summed E-state index contributed by atoms with van der Waals surface area (Å²) in [6.45, 7) is 6.83. The van der Waals surface area contributed by atoms with Crippen molar-refractivity contribution < 1.29 is 41.8 Å². The third-order valence-electron chi connectivity index (χ3n) is 6.92. The molecular weight excluding hydrogens is 541 g/mol. The molecule has 2 heterocycles. The second kappa shape index (κ2) is 12.7. The summed E-state index contributed by atoms with van der Waals surface area (Å²) < 4.78 is 55.6. The van der Waals surface area contributed by atoms with Crippen molar-refractivity contribution in [3.05, 3.63) is 71.1 Å². The number of ether oxygens (including phenoxy) is 2. The minimum Gasteiger partial charge on any atom is -0.493 e. The first-order valence-electron chi connectivity index (χ1n) is 13.4. The third-order valence-corrected chi connectivity index (χ3v) is 6.92. The van der Waals surface area contributed by atoms with Gasteiger partial charge in [-0.15, -0.1) is 0 Å². The number of aromatic nitrogens is 1. The Hall–Kier alpha value is -4.02. The Labute approximate surface area is 236 Å². The molecule has 2 aromatic carbocycles. The smallest absolute Gasteiger partial charge is 0.416 e. The molecule has 0 unspecified atom stereocenters. The van der Waals surface area contributed by atoms with Gasteiger partial charge in [0.05, 0.1) is 30.9 Å². The number of hydrogen-bond donors (Lipinski definition) is 1. The van der Waals surface area contributed by atoms with Crippen molar-refractivity contribution >= 4 is 12.1 Å². The van der Waals surface area contributed by atoms with Gasteiger partial charge in [-0.2, -0.15) is 13.2 Å². The summed E-state index contributed by atoms with van der Waals surface area (Å²) in [6, 6.07) is 12.0. The predicted molar refractivity (Wildman–Crippen MR) is 144 cm³/mol. The van der Waals surface area contributed by atoms with E-state index in [0.29, 0.717) is 48.9 Å². The second-order valence-corrected chi connectivity index (χ2v) is 10.6. The number of halogens is 3. The van der Waals surface area contributed by atoms with Gasteiger partial charge in [-0.1, -0.05) is 26.0 Å². The number of alkyl halides is 3. The van der Waals surface area contributed by atoms with Gasteiger partial charge in [-0.05, 0) is 60.7 Å². The quantitative estimate of drug-likeness (QED) is 0.292. The standard InChI is InChI=1S/C30H33F3N2O6/c1-18(2)17-40-29(38)35-15-22(14-27(36)37)25(16-35)21-5-4-6-24(13-21)39-12-11-26-19(3)41-28(34-26)20-7-9-23(10-8-20)30(31,32)33/h4-10,13,18,22,25H,11-12,14-17H2,1-3H3,(H,36,37)/t22-,25-/m0/s1. The van der Waals surface area contributed by atoms with Crippen molar-refractivity contribution in [3.63, 3.8) is 0 Å². The van der Waals surface area contributed by atoms with Gasteiger partial charge in [-0.3, -0.25) is 4.79 Å². The van der Waals surface area contributed by atoms with E-state index >= 15 is 0 Å². The van der Waals surface area contributed by atoms with Gasteiger partial charge in [0.25, 0.3) is 0 Å². The van der Waals surface area contributed by atoms with Crippen LogP contribution in [0.4, 0.5) is 18.0 Å². The fourth-order valence-corrected chi connectivity index (χ4v) is 4.84. The number of aryl methyl sites for hydroxylation is 1. The summed E-state index contributed by atoms with van der Waals surface area (Å²) in [6.07, 6.45) is -4.53. The molecular formula is C30H33F3N2O6. The van der Waals surface area contributed by atoms with Crippen LogP contribution < -0.4 is 4.74 Å². The van der Waals surface area contributed by atoms with Crippen LogP contribution in [-0.2, 0) is 22.1 Å². The van der Waals surface area contributed by atoms with E-state index in [9.17, 15) is 27.9 Å². The van der Waals surface area contributed by atoms with Gasteiger partial charge in [0.2, 0.25) is 5.89 Å². The first kappa shape index (κ1) is 30.0. The van der Waals surface area contributed by atoms with E-state index in [1.807, 2.05) is 32.0 Å². The summed E-state index contributed by atoms with van der Waals surface area (Å²) in [5.41, 5.74) is 1.20. The Bertz CT molecular complexity index is 1350. The van der Waals surface area contributed by atoms with E-state index < -0.39 is 23.8 Å². The van der Waals surface area contributed by atoms with E-state index in [2.05, 4.69) is 4.98 Å². The highest BCUT2D eigenvalue weighted by atomic mass is 19.4. The molecule has 0 bridgehead atoms. The van der Waals surface area contributed by atoms with Crippen molar-refractivity contribution in [2.24, 2.45) is 11.8 Å². The Kier molecular flexibility index (Phi) is 9.25. The molecule has 0 aliphatic carbocycles. The van der Waals surface area contributed by atoms with Gasteiger partial charge < -0.3 is 23.9 Å². The normalized spacial score (nSPS) is 17.2. The maximum absolute atomic E-state index is 12.9. The number of hydrogen-bond acceptors (Lipinski definition) is 6. The lowest BCUT2D eigenvalue weighted by Gasteiger charge is -2.18. The lowest BCUT2D eigenvalue weighted by Crippen LogP contribution is -2.30. The first-order valence-corrected chi connectivity index (χ1v) is 13.4. The van der Waals surface area contributed by atoms with Crippen molar-refractivity contribution in [1.29, 1.82) is 0 Å². The molecule has 1 N–H and O–H groups in total. The Balaban J connectivity index is 1.39. The largest absolute Gasteiger partial charge is 0.493 e. The van der Waals surface area contributed by atoms with Crippen LogP contribution in [0.15, 0.2) is 52.9 Å². The zero-order valence-corrected chi connectivity index (χ0v) is 23.1. The minimum atomic E-state index is -4.42. The Morgan fingerprint density at radius 3 is 2.54 bits per heavy atom. The van der Waals surface area contributed by atoms with Crippen LogP contribution in [0.3, 0.4) is 0 Å². The predicted octanol–water partition coefficient (Wildman–Crippen LogP) is 6.57. The molecule has 0 radical (unpaired) electrons. The molecule has 0 spiro atoms. The summed E-state index contributed by atoms with van der Waals surface area (Å²) in [5.74, 6) is 0.170. The van der Waals surface area contributed by atoms with Gasteiger partial charge in [0.15, 0.2) is 0 Å². The van der Waals surface area contributed by atoms with Gasteiger partial charge >= 0.3 is 18.2 Å². The average Bonchev–Trinajstić information content (AvgIpc) is 3.50. The number of nitrogens with zero attached hydrogens (tertiary/aromatic N) is 2. The molecule has 1 aliphatic heterocycles. The summed E-state index contributed by atoms with van der Waals surface area (Å²) in [5, 5.41) is 9.44. The van der Waals surface area contributed by atoms with Crippen LogP contribution in [0.5, 0.6) is 5.75 Å². The molecule has 0 saturated carbocycles. The van der Waals surface area contributed by atoms with E-state index in [1.165, 1.54) is 12.1 Å². The average molecular weight is 575 g/mol. The monoisotopic (exact) mass is 574 g/mol. The summed E-state index contributed by atoms with van der Waals surface area (Å²) in [7, 11) is 0. The zero-order chi connectivity index (χ0) is 29.7. The molecule has 220 valence electrons. The highest BCUT2D eigenvalue weighted by Crippen LogP contribution is 2.37. The van der Waals surface area contributed by atoms with Gasteiger partial charge in [0, 0.05) is 31.0 Å². The highest BCUT2D eigenvalue weighted by molar-refractivity contribution is 5.70. The molecule has 1 aliphatic rings. The Morgan fingerprint density at radius 2 is 1.88 bits per heavy atom. The molecule has 1 aromatic heterocycles. The second-order valence-electron chi connectivity index (χ2n) is 10.6. The number of carboxylic acids is 1. The number of carboxylic acid groups (broad SMARTS) is 1. The number of benzene rings is 2. The van der Waals surface area contributed by atoms with Crippen molar-refractivity contribution in [2.75, 3.05) is 26.3 Å². The van der Waals surface area contributed by atoms with E-state index in [4.69, 9.17) is 13.9 Å². The minimum absolute atomic E-state index is 0.0730. The highest BCUT2D eigenvalue weighted by Gasteiger charge is 2.38. The van der Waals surface area contributed by atoms with Crippen LogP contribution >= 0.6 is 0 Å². The topological polar surface area (TPSA) is 102 Å². The first-order chi connectivity index (χ1) is 19.4. The maximum atomic E-state index is 12.9. The number of amides is 1. The zero-order valence-electron chi connectivity index (χ0n) is 23.1. The summed E-state index contributed by atoms with van der Waals surface area (Å²) in [4.78, 5) is 30.1. The lowest BCUT2D eigenvalue weighted by molar-refractivity contribution is -0.138. The van der Waals surface area contributed by atoms with Crippen molar-refractivity contribution in [3.8, 4) is 17.2 Å². The van der Waals surface area contributed by atoms with Crippen LogP contribution in [0, 0.1) is 18.8 Å². The molecule has 8 nitrogen and oxygen atoms in total. The number of aliphatic carboxylic acids is 1.